The van der Waals surface area contributed by atoms with Gasteiger partial charge in [0.1, 0.15) is 30.7 Å². The van der Waals surface area contributed by atoms with Crippen molar-refractivity contribution in [1.29, 1.82) is 0 Å². The summed E-state index contributed by atoms with van der Waals surface area (Å²) < 4.78 is 22.5. The maximum Gasteiger partial charge on any atom is 0.338 e. The first-order valence-corrected chi connectivity index (χ1v) is 16.4. The van der Waals surface area contributed by atoms with Crippen molar-refractivity contribution in [1.82, 2.24) is 15.5 Å². The van der Waals surface area contributed by atoms with Crippen LogP contribution in [0.25, 0.3) is 6.08 Å². The van der Waals surface area contributed by atoms with Crippen molar-refractivity contribution >= 4 is 35.7 Å². The zero-order chi connectivity index (χ0) is 36.4. The van der Waals surface area contributed by atoms with Gasteiger partial charge in [0, 0.05) is 50.7 Å². The number of nitrogens with one attached hydrogen (secondary N) is 2. The maximum atomic E-state index is 13.3. The summed E-state index contributed by atoms with van der Waals surface area (Å²) in [6.45, 7) is 5.03. The van der Waals surface area contributed by atoms with Crippen molar-refractivity contribution in [3.05, 3.63) is 88.5 Å². The standard InChI is InChI=1S/C37H45N3O10/c1-37(2,3)50-32(43)15-13-28(21-41)39-35(45)25-10-7-9-24(17-25)20-38-34(44)27-18-29-33(48-22-47-29)30(19-27)49-36(46)26-11-6-8-23(16-26)12-14-31(42)40(4)5/h6-12,14,16-18,28-30,33,41H,13,15,19-22H2,1-5H3,(H,38,44)(H,39,45)/t28-,29+,30+,33+/m0/s1. The molecule has 0 unspecified atom stereocenters. The maximum absolute atomic E-state index is 13.3. The van der Waals surface area contributed by atoms with Crippen molar-refractivity contribution < 1.29 is 48.0 Å². The lowest BCUT2D eigenvalue weighted by atomic mass is 9.91. The van der Waals surface area contributed by atoms with Crippen LogP contribution < -0.4 is 10.6 Å². The van der Waals surface area contributed by atoms with E-state index in [1.165, 1.54) is 11.0 Å². The van der Waals surface area contributed by atoms with Crippen LogP contribution in [0.15, 0.2) is 66.3 Å². The van der Waals surface area contributed by atoms with Crippen LogP contribution in [0.4, 0.5) is 0 Å². The minimum absolute atomic E-state index is 0.0119. The van der Waals surface area contributed by atoms with Crippen molar-refractivity contribution in [2.45, 2.75) is 76.5 Å². The molecule has 0 saturated carbocycles. The van der Waals surface area contributed by atoms with Gasteiger partial charge in [-0.05, 0) is 74.7 Å². The molecule has 268 valence electrons. The van der Waals surface area contributed by atoms with Gasteiger partial charge in [-0.25, -0.2) is 4.79 Å². The Morgan fingerprint density at radius 1 is 1.02 bits per heavy atom. The van der Waals surface area contributed by atoms with Crippen molar-refractivity contribution in [2.75, 3.05) is 27.5 Å². The van der Waals surface area contributed by atoms with Crippen molar-refractivity contribution in [2.24, 2.45) is 0 Å². The topological polar surface area (TPSA) is 170 Å². The van der Waals surface area contributed by atoms with Gasteiger partial charge in [-0.1, -0.05) is 24.3 Å². The van der Waals surface area contributed by atoms with Gasteiger partial charge in [-0.15, -0.1) is 0 Å². The van der Waals surface area contributed by atoms with Gasteiger partial charge < -0.3 is 39.6 Å². The largest absolute Gasteiger partial charge is 0.460 e. The number of carbonyl (C=O) groups is 5. The third-order valence-corrected chi connectivity index (χ3v) is 7.84. The first-order valence-electron chi connectivity index (χ1n) is 16.4. The summed E-state index contributed by atoms with van der Waals surface area (Å²) in [5.74, 6) is -2.05. The highest BCUT2D eigenvalue weighted by Gasteiger charge is 2.42. The lowest BCUT2D eigenvalue weighted by molar-refractivity contribution is -0.155. The number of fused-ring (bicyclic) bond motifs is 1. The Labute approximate surface area is 291 Å². The number of hydrogen-bond donors (Lipinski definition) is 3. The highest BCUT2D eigenvalue weighted by Crippen LogP contribution is 2.31. The SMILES string of the molecule is CN(C)C(=O)C=Cc1cccc(C(=O)O[C@@H]2CC(C(=O)NCc3cccc(C(=O)N[C@H](CO)CCC(=O)OC(C)(C)C)c3)=C[C@H]3OCO[C@H]32)c1. The molecule has 0 radical (unpaired) electrons. The van der Waals surface area contributed by atoms with Gasteiger partial charge in [0.15, 0.2) is 0 Å². The number of likely N-dealkylation sites (N-methyl/N-ethyl adjacent to an activating group) is 1. The summed E-state index contributed by atoms with van der Waals surface area (Å²) in [6, 6.07) is 12.7. The van der Waals surface area contributed by atoms with E-state index in [1.807, 2.05) is 0 Å². The number of esters is 2. The van der Waals surface area contributed by atoms with Crippen molar-refractivity contribution in [3.8, 4) is 0 Å². The fourth-order valence-electron chi connectivity index (χ4n) is 5.30. The minimum atomic E-state index is -0.794. The summed E-state index contributed by atoms with van der Waals surface area (Å²) in [7, 11) is 3.28. The number of hydrogen-bond acceptors (Lipinski definition) is 10. The number of carbonyl (C=O) groups excluding carboxylic acids is 5. The average Bonchev–Trinajstić information content (AvgIpc) is 3.56. The molecule has 1 aliphatic heterocycles. The molecule has 2 aromatic carbocycles. The Kier molecular flexibility index (Phi) is 13.1. The lowest BCUT2D eigenvalue weighted by Crippen LogP contribution is -2.43. The highest BCUT2D eigenvalue weighted by molar-refractivity contribution is 5.96. The van der Waals surface area contributed by atoms with Crippen LogP contribution >= 0.6 is 0 Å². The molecule has 1 saturated heterocycles. The van der Waals surface area contributed by atoms with Crippen LogP contribution in [-0.4, -0.2) is 97.1 Å². The average molecular weight is 692 g/mol. The zero-order valence-corrected chi connectivity index (χ0v) is 29.0. The highest BCUT2D eigenvalue weighted by atomic mass is 16.7. The van der Waals surface area contributed by atoms with E-state index < -0.39 is 53.7 Å². The van der Waals surface area contributed by atoms with Gasteiger partial charge in [0.25, 0.3) is 5.91 Å². The second-order valence-corrected chi connectivity index (χ2v) is 13.3. The third kappa shape index (κ3) is 11.1. The molecule has 3 amide bonds. The van der Waals surface area contributed by atoms with E-state index in [-0.39, 0.29) is 50.7 Å². The Hall–Kier alpha value is -4.85. The summed E-state index contributed by atoms with van der Waals surface area (Å²) >= 11 is 0. The summed E-state index contributed by atoms with van der Waals surface area (Å²) in [6.07, 6.45) is 3.05. The summed E-state index contributed by atoms with van der Waals surface area (Å²) in [5, 5.41) is 15.4. The molecule has 0 spiro atoms. The predicted octanol–water partition coefficient (Wildman–Crippen LogP) is 2.91. The van der Waals surface area contributed by atoms with E-state index in [0.29, 0.717) is 22.3 Å². The molecule has 50 heavy (non-hydrogen) atoms. The monoisotopic (exact) mass is 691 g/mol. The van der Waals surface area contributed by atoms with Gasteiger partial charge in [-0.2, -0.15) is 0 Å². The number of aliphatic hydroxyl groups is 1. The molecular formula is C37H45N3O10. The lowest BCUT2D eigenvalue weighted by Gasteiger charge is -2.30. The van der Waals surface area contributed by atoms with E-state index in [0.717, 1.165) is 0 Å². The van der Waals surface area contributed by atoms with Gasteiger partial charge >= 0.3 is 11.9 Å². The number of rotatable bonds is 13. The smallest absolute Gasteiger partial charge is 0.338 e. The van der Waals surface area contributed by atoms with E-state index in [9.17, 15) is 29.1 Å². The van der Waals surface area contributed by atoms with Crippen LogP contribution in [0.3, 0.4) is 0 Å². The normalized spacial score (nSPS) is 19.2. The fraction of sp³-hybridized carbons (Fsp3) is 0.432. The summed E-state index contributed by atoms with van der Waals surface area (Å²) in [5.41, 5.74) is 1.62. The van der Waals surface area contributed by atoms with Crippen LogP contribution in [0.2, 0.25) is 0 Å². The van der Waals surface area contributed by atoms with Crippen molar-refractivity contribution in [3.63, 3.8) is 0 Å². The second kappa shape index (κ2) is 17.2. The molecule has 4 rings (SSSR count). The van der Waals surface area contributed by atoms with Gasteiger partial charge in [-0.3, -0.25) is 19.2 Å². The van der Waals surface area contributed by atoms with Crippen LogP contribution in [0.1, 0.15) is 71.9 Å². The minimum Gasteiger partial charge on any atom is -0.460 e. The molecule has 2 aromatic rings. The number of benzene rings is 2. The second-order valence-electron chi connectivity index (χ2n) is 13.3. The molecule has 13 nitrogen and oxygen atoms in total. The molecule has 3 N–H and O–H groups in total. The molecule has 1 aliphatic carbocycles. The first kappa shape index (κ1) is 38.0. The number of ether oxygens (including phenoxy) is 4. The number of nitrogens with zero attached hydrogens (tertiary/aromatic N) is 1. The zero-order valence-electron chi connectivity index (χ0n) is 29.0. The number of aliphatic hydroxyl groups excluding tert-OH is 1. The molecule has 4 atom stereocenters. The third-order valence-electron chi connectivity index (χ3n) is 7.84. The van der Waals surface area contributed by atoms with E-state index in [2.05, 4.69) is 10.6 Å². The van der Waals surface area contributed by atoms with Crippen LogP contribution in [0.5, 0.6) is 0 Å². The first-order chi connectivity index (χ1) is 23.7. The molecule has 1 fully saturated rings. The quantitative estimate of drug-likeness (QED) is 0.210. The Bertz CT molecular complexity index is 1630. The van der Waals surface area contributed by atoms with Gasteiger partial charge in [0.05, 0.1) is 18.2 Å². The van der Waals surface area contributed by atoms with E-state index in [1.54, 1.807) is 95.5 Å². The summed E-state index contributed by atoms with van der Waals surface area (Å²) in [4.78, 5) is 64.8. The molecule has 2 aliphatic rings. The molecule has 0 aromatic heterocycles. The Balaban J connectivity index is 1.34. The molecule has 0 bridgehead atoms. The molecule has 1 heterocycles. The Morgan fingerprint density at radius 2 is 1.76 bits per heavy atom. The van der Waals surface area contributed by atoms with Gasteiger partial charge in [0.2, 0.25) is 11.8 Å². The Morgan fingerprint density at radius 3 is 2.48 bits per heavy atom. The number of amides is 3. The fourth-order valence-corrected chi connectivity index (χ4v) is 5.30. The predicted molar refractivity (Wildman–Crippen MR) is 182 cm³/mol. The van der Waals surface area contributed by atoms with Crippen LogP contribution in [-0.2, 0) is 39.9 Å². The van der Waals surface area contributed by atoms with E-state index in [4.69, 9.17) is 18.9 Å². The van der Waals surface area contributed by atoms with E-state index >= 15 is 0 Å². The molecule has 13 heteroatoms. The molecular weight excluding hydrogens is 646 g/mol. The van der Waals surface area contributed by atoms with Crippen LogP contribution in [0, 0.1) is 0 Å².